The molecule has 0 aromatic heterocycles. The summed E-state index contributed by atoms with van der Waals surface area (Å²) in [5.74, 6) is 0.474. The summed E-state index contributed by atoms with van der Waals surface area (Å²) in [7, 11) is 0. The second kappa shape index (κ2) is 12.7. The van der Waals surface area contributed by atoms with E-state index in [4.69, 9.17) is 10.5 Å². The lowest BCUT2D eigenvalue weighted by Gasteiger charge is -2.30. The first-order chi connectivity index (χ1) is 10.2. The molecule has 0 aromatic carbocycles. The maximum Gasteiger partial charge on any atom is 0.410 e. The van der Waals surface area contributed by atoms with Crippen molar-refractivity contribution in [3.8, 4) is 0 Å². The number of nitrogens with one attached hydrogen (secondary N) is 1. The molecule has 0 heterocycles. The Morgan fingerprint density at radius 1 is 1.30 bits per heavy atom. The molecule has 0 saturated carbocycles. The van der Waals surface area contributed by atoms with E-state index in [1.54, 1.807) is 4.90 Å². The Bertz CT molecular complexity index is 354. The topological polar surface area (TPSA) is 80.0 Å². The van der Waals surface area contributed by atoms with Gasteiger partial charge in [0.2, 0.25) is 0 Å². The molecule has 0 atom stereocenters. The number of unbranched alkanes of at least 4 members (excludes halogenated alkanes) is 1. The van der Waals surface area contributed by atoms with Gasteiger partial charge in [-0.15, -0.1) is 24.0 Å². The van der Waals surface area contributed by atoms with Crippen LogP contribution in [0.5, 0.6) is 0 Å². The normalized spacial score (nSPS) is 11.9. The average Bonchev–Trinajstić information content (AvgIpc) is 2.36. The first-order valence-corrected chi connectivity index (χ1v) is 8.20. The van der Waals surface area contributed by atoms with Crippen LogP contribution in [-0.2, 0) is 4.74 Å². The standard InChI is InChI=1S/C16H34N4O2.HI/c1-7-8-10-18-14(17)19-11-9-12-20(13(2)3)15(21)22-16(4,5)6;/h13H,7-12H2,1-6H3,(H3,17,18,19);1H. The minimum atomic E-state index is -0.476. The van der Waals surface area contributed by atoms with E-state index in [9.17, 15) is 4.79 Å². The van der Waals surface area contributed by atoms with Gasteiger partial charge < -0.3 is 20.7 Å². The number of carbonyl (C=O) groups is 1. The highest BCUT2D eigenvalue weighted by molar-refractivity contribution is 14.0. The van der Waals surface area contributed by atoms with Crippen LogP contribution in [0.1, 0.15) is 60.8 Å². The van der Waals surface area contributed by atoms with E-state index in [1.165, 1.54) is 0 Å². The van der Waals surface area contributed by atoms with Crippen LogP contribution in [0.2, 0.25) is 0 Å². The van der Waals surface area contributed by atoms with Gasteiger partial charge in [0.1, 0.15) is 5.60 Å². The van der Waals surface area contributed by atoms with Crippen LogP contribution in [-0.4, -0.2) is 48.2 Å². The van der Waals surface area contributed by atoms with Crippen molar-refractivity contribution < 1.29 is 9.53 Å². The van der Waals surface area contributed by atoms with Gasteiger partial charge >= 0.3 is 6.09 Å². The molecule has 0 aliphatic heterocycles. The molecule has 6 nitrogen and oxygen atoms in total. The summed E-state index contributed by atoms with van der Waals surface area (Å²) in [6, 6.07) is 0.0962. The van der Waals surface area contributed by atoms with E-state index in [0.717, 1.165) is 25.8 Å². The summed E-state index contributed by atoms with van der Waals surface area (Å²) in [6.07, 6.45) is 2.68. The molecule has 0 saturated heterocycles. The van der Waals surface area contributed by atoms with Crippen LogP contribution < -0.4 is 11.1 Å². The average molecular weight is 442 g/mol. The van der Waals surface area contributed by atoms with Gasteiger partial charge in [-0.25, -0.2) is 4.79 Å². The number of carbonyl (C=O) groups excluding carboxylic acids is 1. The highest BCUT2D eigenvalue weighted by Gasteiger charge is 2.23. The molecule has 0 radical (unpaired) electrons. The highest BCUT2D eigenvalue weighted by atomic mass is 127. The first-order valence-electron chi connectivity index (χ1n) is 8.20. The summed E-state index contributed by atoms with van der Waals surface area (Å²) in [5.41, 5.74) is 5.29. The second-order valence-corrected chi connectivity index (χ2v) is 6.67. The fraction of sp³-hybridized carbons (Fsp3) is 0.875. The number of ether oxygens (including phenoxy) is 1. The lowest BCUT2D eigenvalue weighted by Crippen LogP contribution is -2.41. The largest absolute Gasteiger partial charge is 0.444 e. The van der Waals surface area contributed by atoms with Crippen molar-refractivity contribution in [3.05, 3.63) is 0 Å². The molecule has 0 bridgehead atoms. The molecule has 0 aliphatic carbocycles. The zero-order valence-corrected chi connectivity index (χ0v) is 17.8. The monoisotopic (exact) mass is 442 g/mol. The lowest BCUT2D eigenvalue weighted by atomic mass is 10.2. The molecule has 0 unspecified atom stereocenters. The molecule has 0 aromatic rings. The number of hydrogen-bond donors (Lipinski definition) is 2. The predicted molar refractivity (Wildman–Crippen MR) is 108 cm³/mol. The van der Waals surface area contributed by atoms with Gasteiger partial charge in [0.05, 0.1) is 0 Å². The summed E-state index contributed by atoms with van der Waals surface area (Å²) < 4.78 is 5.42. The van der Waals surface area contributed by atoms with Gasteiger partial charge in [0, 0.05) is 25.7 Å². The van der Waals surface area contributed by atoms with Crippen molar-refractivity contribution in [3.63, 3.8) is 0 Å². The van der Waals surface area contributed by atoms with Crippen molar-refractivity contribution in [2.75, 3.05) is 19.6 Å². The Morgan fingerprint density at radius 2 is 1.91 bits per heavy atom. The maximum absolute atomic E-state index is 12.1. The molecule has 7 heteroatoms. The van der Waals surface area contributed by atoms with E-state index in [-0.39, 0.29) is 36.1 Å². The number of halogens is 1. The third-order valence-electron chi connectivity index (χ3n) is 2.93. The number of nitrogens with zero attached hydrogens (tertiary/aromatic N) is 2. The molecule has 0 rings (SSSR count). The van der Waals surface area contributed by atoms with E-state index < -0.39 is 5.60 Å². The van der Waals surface area contributed by atoms with Gasteiger partial charge in [0.25, 0.3) is 0 Å². The minimum absolute atomic E-state index is 0. The molecule has 0 aliphatic rings. The third kappa shape index (κ3) is 13.4. The van der Waals surface area contributed by atoms with Crippen LogP contribution in [0.3, 0.4) is 0 Å². The smallest absolute Gasteiger partial charge is 0.410 e. The number of hydrogen-bond acceptors (Lipinski definition) is 3. The molecule has 23 heavy (non-hydrogen) atoms. The predicted octanol–water partition coefficient (Wildman–Crippen LogP) is 3.34. The summed E-state index contributed by atoms with van der Waals surface area (Å²) >= 11 is 0. The van der Waals surface area contributed by atoms with E-state index in [1.807, 2.05) is 34.6 Å². The van der Waals surface area contributed by atoms with Gasteiger partial charge in [-0.1, -0.05) is 13.3 Å². The first kappa shape index (κ1) is 24.5. The van der Waals surface area contributed by atoms with Crippen molar-refractivity contribution in [1.82, 2.24) is 10.2 Å². The highest BCUT2D eigenvalue weighted by Crippen LogP contribution is 2.12. The van der Waals surface area contributed by atoms with E-state index >= 15 is 0 Å². The molecule has 0 spiro atoms. The van der Waals surface area contributed by atoms with Gasteiger partial charge in [-0.2, -0.15) is 0 Å². The van der Waals surface area contributed by atoms with Crippen molar-refractivity contribution in [2.24, 2.45) is 10.7 Å². The van der Waals surface area contributed by atoms with Gasteiger partial charge in [0.15, 0.2) is 5.96 Å². The summed E-state index contributed by atoms with van der Waals surface area (Å²) in [5, 5.41) is 3.07. The molecule has 3 N–H and O–H groups in total. The lowest BCUT2D eigenvalue weighted by molar-refractivity contribution is 0.0190. The van der Waals surface area contributed by atoms with Crippen LogP contribution in [0.15, 0.2) is 4.99 Å². The number of guanidine groups is 1. The van der Waals surface area contributed by atoms with Gasteiger partial charge in [-0.05, 0) is 47.5 Å². The fourth-order valence-corrected chi connectivity index (χ4v) is 1.77. The van der Waals surface area contributed by atoms with Crippen molar-refractivity contribution >= 4 is 36.0 Å². The number of aliphatic imine (C=N–C) groups is 1. The zero-order chi connectivity index (χ0) is 17.2. The molecule has 138 valence electrons. The Kier molecular flexibility index (Phi) is 13.5. The zero-order valence-electron chi connectivity index (χ0n) is 15.5. The number of amides is 1. The number of nitrogens with two attached hydrogens (primary N) is 1. The van der Waals surface area contributed by atoms with E-state index in [2.05, 4.69) is 17.2 Å². The Labute approximate surface area is 158 Å². The minimum Gasteiger partial charge on any atom is -0.444 e. The van der Waals surface area contributed by atoms with Crippen LogP contribution in [0.4, 0.5) is 4.79 Å². The van der Waals surface area contributed by atoms with Crippen LogP contribution in [0, 0.1) is 0 Å². The van der Waals surface area contributed by atoms with Crippen molar-refractivity contribution in [2.45, 2.75) is 72.4 Å². The Balaban J connectivity index is 0. The summed E-state index contributed by atoms with van der Waals surface area (Å²) in [4.78, 5) is 18.1. The fourth-order valence-electron chi connectivity index (χ4n) is 1.77. The maximum atomic E-state index is 12.1. The van der Waals surface area contributed by atoms with Crippen molar-refractivity contribution in [1.29, 1.82) is 0 Å². The van der Waals surface area contributed by atoms with Gasteiger partial charge in [-0.3, -0.25) is 4.99 Å². The SMILES string of the molecule is CCCCNC(N)=NCCCN(C(=O)OC(C)(C)C)C(C)C.I. The Morgan fingerprint density at radius 3 is 2.39 bits per heavy atom. The molecular formula is C16H35IN4O2. The van der Waals surface area contributed by atoms with Crippen LogP contribution in [0.25, 0.3) is 0 Å². The second-order valence-electron chi connectivity index (χ2n) is 6.67. The third-order valence-corrected chi connectivity index (χ3v) is 2.93. The quantitative estimate of drug-likeness (QED) is 0.262. The summed E-state index contributed by atoms with van der Waals surface area (Å²) in [6.45, 7) is 13.8. The number of rotatable bonds is 8. The molecule has 0 fully saturated rings. The van der Waals surface area contributed by atoms with E-state index in [0.29, 0.717) is 19.0 Å². The Hall–Kier alpha value is -0.730. The van der Waals surface area contributed by atoms with Crippen LogP contribution >= 0.6 is 24.0 Å². The molecular weight excluding hydrogens is 407 g/mol. The molecule has 1 amide bonds.